The SMILES string of the molecule is Cc1cc2nnc(C3(CN)CC3)n2c(C)n1. The predicted octanol–water partition coefficient (Wildman–Crippen LogP) is 0.731. The molecule has 84 valence electrons. The van der Waals surface area contributed by atoms with Crippen molar-refractivity contribution in [2.45, 2.75) is 32.1 Å². The lowest BCUT2D eigenvalue weighted by atomic mass is 10.1. The lowest BCUT2D eigenvalue weighted by molar-refractivity contribution is 0.632. The third kappa shape index (κ3) is 1.18. The van der Waals surface area contributed by atoms with Gasteiger partial charge in [0.2, 0.25) is 0 Å². The first-order valence-electron chi connectivity index (χ1n) is 5.56. The molecule has 2 N–H and O–H groups in total. The Hall–Kier alpha value is -1.49. The van der Waals surface area contributed by atoms with E-state index in [1.807, 2.05) is 24.3 Å². The normalized spacial score (nSPS) is 17.9. The molecule has 0 amide bonds. The topological polar surface area (TPSA) is 69.1 Å². The summed E-state index contributed by atoms with van der Waals surface area (Å²) in [4.78, 5) is 4.45. The number of hydrogen-bond acceptors (Lipinski definition) is 4. The largest absolute Gasteiger partial charge is 0.329 e. The van der Waals surface area contributed by atoms with Crippen LogP contribution in [-0.2, 0) is 5.41 Å². The molecule has 0 aliphatic heterocycles. The molecule has 1 fully saturated rings. The average Bonchev–Trinajstić information content (AvgIpc) is 2.92. The number of fused-ring (bicyclic) bond motifs is 1. The highest BCUT2D eigenvalue weighted by Crippen LogP contribution is 2.46. The van der Waals surface area contributed by atoms with Crippen LogP contribution in [-0.4, -0.2) is 26.1 Å². The van der Waals surface area contributed by atoms with Gasteiger partial charge in [-0.2, -0.15) is 0 Å². The minimum atomic E-state index is 0.0567. The molecule has 5 heteroatoms. The molecule has 0 aromatic carbocycles. The van der Waals surface area contributed by atoms with Crippen molar-refractivity contribution in [3.05, 3.63) is 23.4 Å². The molecule has 1 aliphatic carbocycles. The number of nitrogens with two attached hydrogens (primary N) is 1. The molecule has 0 atom stereocenters. The standard InChI is InChI=1S/C11H15N5/c1-7-5-9-14-15-10(11(6-12)3-4-11)16(9)8(2)13-7/h5H,3-4,6,12H2,1-2H3. The van der Waals surface area contributed by atoms with E-state index < -0.39 is 0 Å². The molecule has 3 rings (SSSR count). The van der Waals surface area contributed by atoms with E-state index in [0.29, 0.717) is 6.54 Å². The molecule has 0 radical (unpaired) electrons. The Labute approximate surface area is 93.7 Å². The molecule has 2 aromatic rings. The van der Waals surface area contributed by atoms with Crippen LogP contribution in [0.25, 0.3) is 5.65 Å². The van der Waals surface area contributed by atoms with E-state index in [4.69, 9.17) is 5.73 Å². The molecular formula is C11H15N5. The summed E-state index contributed by atoms with van der Waals surface area (Å²) in [6, 6.07) is 1.95. The van der Waals surface area contributed by atoms with E-state index in [9.17, 15) is 0 Å². The van der Waals surface area contributed by atoms with Crippen molar-refractivity contribution in [3.63, 3.8) is 0 Å². The van der Waals surface area contributed by atoms with Crippen LogP contribution in [0.4, 0.5) is 0 Å². The number of rotatable bonds is 2. The zero-order valence-electron chi connectivity index (χ0n) is 9.56. The molecule has 2 aromatic heterocycles. The summed E-state index contributed by atoms with van der Waals surface area (Å²) in [7, 11) is 0. The fourth-order valence-corrected chi connectivity index (χ4v) is 2.25. The van der Waals surface area contributed by atoms with E-state index in [2.05, 4.69) is 15.2 Å². The monoisotopic (exact) mass is 217 g/mol. The van der Waals surface area contributed by atoms with Gasteiger partial charge in [0.1, 0.15) is 11.6 Å². The predicted molar refractivity (Wildman–Crippen MR) is 60.2 cm³/mol. The highest BCUT2D eigenvalue weighted by atomic mass is 15.3. The van der Waals surface area contributed by atoms with Gasteiger partial charge in [0.25, 0.3) is 0 Å². The highest BCUT2D eigenvalue weighted by Gasteiger charge is 2.47. The zero-order valence-corrected chi connectivity index (χ0v) is 9.56. The molecular weight excluding hydrogens is 202 g/mol. The first-order valence-corrected chi connectivity index (χ1v) is 5.56. The first-order chi connectivity index (χ1) is 7.66. The maximum absolute atomic E-state index is 5.83. The quantitative estimate of drug-likeness (QED) is 0.805. The lowest BCUT2D eigenvalue weighted by Crippen LogP contribution is -2.23. The van der Waals surface area contributed by atoms with Crippen molar-refractivity contribution < 1.29 is 0 Å². The van der Waals surface area contributed by atoms with Crippen LogP contribution >= 0.6 is 0 Å². The second kappa shape index (κ2) is 3.01. The molecule has 1 saturated carbocycles. The summed E-state index contributed by atoms with van der Waals surface area (Å²) in [5.74, 6) is 1.92. The number of hydrogen-bond donors (Lipinski definition) is 1. The number of aromatic nitrogens is 4. The van der Waals surface area contributed by atoms with Crippen molar-refractivity contribution in [2.75, 3.05) is 6.54 Å². The highest BCUT2D eigenvalue weighted by molar-refractivity contribution is 5.42. The van der Waals surface area contributed by atoms with Crippen molar-refractivity contribution in [1.29, 1.82) is 0 Å². The molecule has 0 bridgehead atoms. The van der Waals surface area contributed by atoms with Crippen LogP contribution in [0, 0.1) is 13.8 Å². The van der Waals surface area contributed by atoms with E-state index >= 15 is 0 Å². The van der Waals surface area contributed by atoms with Gasteiger partial charge < -0.3 is 5.73 Å². The molecule has 0 saturated heterocycles. The molecule has 16 heavy (non-hydrogen) atoms. The Morgan fingerprint density at radius 1 is 1.38 bits per heavy atom. The maximum atomic E-state index is 5.83. The summed E-state index contributed by atoms with van der Waals surface area (Å²) in [6.07, 6.45) is 2.22. The fraction of sp³-hybridized carbons (Fsp3) is 0.545. The Balaban J connectivity index is 2.28. The Morgan fingerprint density at radius 3 is 2.75 bits per heavy atom. The average molecular weight is 217 g/mol. The summed E-state index contributed by atoms with van der Waals surface area (Å²) < 4.78 is 2.03. The summed E-state index contributed by atoms with van der Waals surface area (Å²) in [6.45, 7) is 4.59. The van der Waals surface area contributed by atoms with Gasteiger partial charge in [0, 0.05) is 23.7 Å². The van der Waals surface area contributed by atoms with Crippen LogP contribution in [0.2, 0.25) is 0 Å². The van der Waals surface area contributed by atoms with Gasteiger partial charge in [-0.3, -0.25) is 4.40 Å². The molecule has 0 spiro atoms. The van der Waals surface area contributed by atoms with Gasteiger partial charge in [0.05, 0.1) is 0 Å². The minimum Gasteiger partial charge on any atom is -0.329 e. The van der Waals surface area contributed by atoms with Crippen molar-refractivity contribution >= 4 is 5.65 Å². The molecule has 1 aliphatic rings. The lowest BCUT2D eigenvalue weighted by Gasteiger charge is -2.11. The molecule has 5 nitrogen and oxygen atoms in total. The van der Waals surface area contributed by atoms with Gasteiger partial charge >= 0.3 is 0 Å². The van der Waals surface area contributed by atoms with Gasteiger partial charge in [0.15, 0.2) is 5.65 Å². The Morgan fingerprint density at radius 2 is 2.12 bits per heavy atom. The van der Waals surface area contributed by atoms with Gasteiger partial charge in [-0.05, 0) is 26.7 Å². The second-order valence-electron chi connectivity index (χ2n) is 4.65. The van der Waals surface area contributed by atoms with Crippen molar-refractivity contribution in [1.82, 2.24) is 19.6 Å². The second-order valence-corrected chi connectivity index (χ2v) is 4.65. The van der Waals surface area contributed by atoms with Crippen LogP contribution in [0.1, 0.15) is 30.2 Å². The van der Waals surface area contributed by atoms with Crippen molar-refractivity contribution in [2.24, 2.45) is 5.73 Å². The van der Waals surface area contributed by atoms with Gasteiger partial charge in [-0.25, -0.2) is 4.98 Å². The van der Waals surface area contributed by atoms with E-state index in [1.165, 1.54) is 0 Å². The van der Waals surface area contributed by atoms with E-state index in [-0.39, 0.29) is 5.41 Å². The van der Waals surface area contributed by atoms with Crippen molar-refractivity contribution in [3.8, 4) is 0 Å². The summed E-state index contributed by atoms with van der Waals surface area (Å²) in [5, 5.41) is 8.51. The fourth-order valence-electron chi connectivity index (χ4n) is 2.25. The summed E-state index contributed by atoms with van der Waals surface area (Å²) in [5.41, 5.74) is 7.73. The third-order valence-electron chi connectivity index (χ3n) is 3.41. The van der Waals surface area contributed by atoms with Crippen LogP contribution in [0.5, 0.6) is 0 Å². The van der Waals surface area contributed by atoms with Crippen LogP contribution in [0.15, 0.2) is 6.07 Å². The zero-order chi connectivity index (χ0) is 11.3. The maximum Gasteiger partial charge on any atom is 0.164 e. The van der Waals surface area contributed by atoms with E-state index in [1.54, 1.807) is 0 Å². The summed E-state index contributed by atoms with van der Waals surface area (Å²) >= 11 is 0. The third-order valence-corrected chi connectivity index (χ3v) is 3.41. The van der Waals surface area contributed by atoms with Crippen LogP contribution in [0.3, 0.4) is 0 Å². The minimum absolute atomic E-state index is 0.0567. The molecule has 2 heterocycles. The van der Waals surface area contributed by atoms with Gasteiger partial charge in [-0.15, -0.1) is 10.2 Å². The first kappa shape index (κ1) is 9.72. The number of aryl methyl sites for hydroxylation is 2. The van der Waals surface area contributed by atoms with Gasteiger partial charge in [-0.1, -0.05) is 0 Å². The Kier molecular flexibility index (Phi) is 1.83. The smallest absolute Gasteiger partial charge is 0.164 e. The Bertz CT molecular complexity index is 553. The number of nitrogens with zero attached hydrogens (tertiary/aromatic N) is 4. The van der Waals surface area contributed by atoms with E-state index in [0.717, 1.165) is 35.8 Å². The molecule has 0 unspecified atom stereocenters. The van der Waals surface area contributed by atoms with Crippen LogP contribution < -0.4 is 5.73 Å².